The first-order chi connectivity index (χ1) is 18.7. The molecule has 2 aliphatic rings. The van der Waals surface area contributed by atoms with Crippen LogP contribution in [0.2, 0.25) is 0 Å². The van der Waals surface area contributed by atoms with Crippen molar-refractivity contribution >= 4 is 34.1 Å². The van der Waals surface area contributed by atoms with Gasteiger partial charge in [0, 0.05) is 48.1 Å². The molecular weight excluding hydrogens is 516 g/mol. The molecule has 0 aliphatic carbocycles. The van der Waals surface area contributed by atoms with E-state index in [4.69, 9.17) is 16.6 Å². The van der Waals surface area contributed by atoms with Crippen LogP contribution < -0.4 is 5.32 Å². The average Bonchev–Trinajstić information content (AvgIpc) is 3.56. The Kier molecular flexibility index (Phi) is 15.5. The van der Waals surface area contributed by atoms with Crippen molar-refractivity contribution in [2.24, 2.45) is 4.99 Å². The van der Waals surface area contributed by atoms with Gasteiger partial charge in [0.25, 0.3) is 0 Å². The highest BCUT2D eigenvalue weighted by Gasteiger charge is 2.27. The summed E-state index contributed by atoms with van der Waals surface area (Å²) in [6.07, 6.45) is 9.37. The summed E-state index contributed by atoms with van der Waals surface area (Å²) >= 11 is 6.73. The van der Waals surface area contributed by atoms with E-state index >= 15 is 0 Å². The highest BCUT2D eigenvalue weighted by molar-refractivity contribution is 6.37. The molecule has 1 saturated heterocycles. The Labute approximate surface area is 248 Å². The zero-order chi connectivity index (χ0) is 28.9. The van der Waals surface area contributed by atoms with Crippen molar-refractivity contribution in [3.8, 4) is 0 Å². The Hall–Kier alpha value is -2.92. The van der Waals surface area contributed by atoms with E-state index in [1.54, 1.807) is 13.1 Å². The molecule has 220 valence electrons. The molecule has 1 aromatic carbocycles. The fourth-order valence-electron chi connectivity index (χ4n) is 4.28. The van der Waals surface area contributed by atoms with Gasteiger partial charge in [0.15, 0.2) is 5.78 Å². The van der Waals surface area contributed by atoms with Crippen LogP contribution in [0.1, 0.15) is 110 Å². The normalized spacial score (nSPS) is 15.4. The number of ketones is 1. The summed E-state index contributed by atoms with van der Waals surface area (Å²) in [4.78, 5) is 23.2. The van der Waals surface area contributed by atoms with Crippen molar-refractivity contribution in [2.45, 2.75) is 101 Å². The van der Waals surface area contributed by atoms with Crippen LogP contribution in [-0.2, 0) is 6.42 Å². The fourth-order valence-corrected chi connectivity index (χ4v) is 4.68. The van der Waals surface area contributed by atoms with Crippen LogP contribution in [0.3, 0.4) is 0 Å². The summed E-state index contributed by atoms with van der Waals surface area (Å²) in [6, 6.07) is 7.97. The molecule has 1 N–H and O–H groups in total. The molecule has 3 heterocycles. The number of unbranched alkanes of at least 4 members (excludes halogenated alkanes) is 1. The van der Waals surface area contributed by atoms with Gasteiger partial charge in [-0.3, -0.25) is 9.78 Å². The smallest absolute Gasteiger partial charge is 0.161 e. The maximum atomic E-state index is 11.6. The highest BCUT2D eigenvalue weighted by Crippen LogP contribution is 2.34. The number of allylic oxidation sites excluding steroid dienone is 3. The van der Waals surface area contributed by atoms with Crippen LogP contribution in [-0.4, -0.2) is 34.6 Å². The van der Waals surface area contributed by atoms with Crippen molar-refractivity contribution < 1.29 is 4.79 Å². The fraction of sp³-hybridized carbons (Fsp3) is 0.500. The van der Waals surface area contributed by atoms with Crippen LogP contribution in [0.5, 0.6) is 0 Å². The average molecular weight is 567 g/mol. The Bertz CT molecular complexity index is 1230. The minimum absolute atomic E-state index is 0. The predicted octanol–water partition coefficient (Wildman–Crippen LogP) is 9.58. The Morgan fingerprint density at radius 2 is 1.68 bits per heavy atom. The summed E-state index contributed by atoms with van der Waals surface area (Å²) in [5, 5.41) is 5.12. The molecule has 0 unspecified atom stereocenters. The van der Waals surface area contributed by atoms with E-state index in [1.165, 1.54) is 37.8 Å². The molecule has 1 aromatic heterocycles. The molecule has 0 atom stereocenters. The first kappa shape index (κ1) is 35.1. The van der Waals surface area contributed by atoms with Gasteiger partial charge in [-0.1, -0.05) is 91.6 Å². The molecular formula is C34H51ClN4O. The van der Waals surface area contributed by atoms with Crippen LogP contribution in [0.4, 0.5) is 0 Å². The molecule has 5 nitrogen and oxygen atoms in total. The Morgan fingerprint density at radius 1 is 1.05 bits per heavy atom. The minimum Gasteiger partial charge on any atom is -0.374 e. The van der Waals surface area contributed by atoms with Crippen molar-refractivity contribution in [3.05, 3.63) is 75.9 Å². The third-order valence-corrected chi connectivity index (χ3v) is 7.01. The summed E-state index contributed by atoms with van der Waals surface area (Å²) in [5.74, 6) is 0.802. The van der Waals surface area contributed by atoms with E-state index in [0.717, 1.165) is 63.8 Å². The lowest BCUT2D eigenvalue weighted by Gasteiger charge is -2.22. The van der Waals surface area contributed by atoms with Gasteiger partial charge in [0.1, 0.15) is 5.84 Å². The first-order valence-corrected chi connectivity index (χ1v) is 14.9. The molecule has 0 amide bonds. The maximum Gasteiger partial charge on any atom is 0.161 e. The highest BCUT2D eigenvalue weighted by atomic mass is 35.5. The van der Waals surface area contributed by atoms with Gasteiger partial charge in [-0.05, 0) is 50.8 Å². The zero-order valence-electron chi connectivity index (χ0n) is 25.1. The molecule has 2 aliphatic heterocycles. The third kappa shape index (κ3) is 9.62. The number of likely N-dealkylation sites (tertiary alicyclic amines) is 1. The van der Waals surface area contributed by atoms with Gasteiger partial charge in [0.2, 0.25) is 0 Å². The van der Waals surface area contributed by atoms with Gasteiger partial charge in [-0.15, -0.1) is 0 Å². The monoisotopic (exact) mass is 566 g/mol. The number of hydrogen-bond donors (Lipinski definition) is 1. The first-order valence-electron chi connectivity index (χ1n) is 14.5. The number of aromatic nitrogens is 1. The molecule has 40 heavy (non-hydrogen) atoms. The second kappa shape index (κ2) is 17.7. The second-order valence-electron chi connectivity index (χ2n) is 10.1. The number of nitrogens with one attached hydrogen (secondary N) is 1. The lowest BCUT2D eigenvalue weighted by Crippen LogP contribution is -2.28. The summed E-state index contributed by atoms with van der Waals surface area (Å²) in [6.45, 7) is 20.7. The van der Waals surface area contributed by atoms with Crippen LogP contribution in [0.15, 0.2) is 69.7 Å². The topological polar surface area (TPSA) is 57.6 Å². The van der Waals surface area contributed by atoms with E-state index in [-0.39, 0.29) is 13.2 Å². The number of carbonyl (C=O) groups is 1. The second-order valence-corrected chi connectivity index (χ2v) is 10.5. The largest absolute Gasteiger partial charge is 0.374 e. The molecule has 0 spiro atoms. The van der Waals surface area contributed by atoms with Crippen LogP contribution in [0, 0.1) is 0 Å². The standard InChI is InChI=1S/C26H29ClN4O.C4H10.C3H8.CH4/c1-5-22-25(27)24(17(3)31-10-6-7-11-31)26(30-22)29-16(2)12-19-8-9-20-14-21(18(4)32)15-28-23(20)13-19;1-3-4-2;1-3-2;/h8-9,13-15H,2,5-7,10-12H2,1,3-4H3,(H,29,30);3-4H2,1-2H3;3H2,1-2H3;1H4/b24-17+;;;. The van der Waals surface area contributed by atoms with Crippen molar-refractivity contribution in [1.29, 1.82) is 0 Å². The van der Waals surface area contributed by atoms with E-state index < -0.39 is 0 Å². The molecule has 0 saturated carbocycles. The SMILES string of the molecule is C.C=C(Cc1ccc2cc(C(C)=O)cnc2c1)NC1=NC(CC)=C(Cl)/C1=C(/C)N1CCCC1.CCC.CCCC. The molecule has 0 radical (unpaired) electrons. The number of nitrogens with zero attached hydrogens (tertiary/aromatic N) is 3. The maximum absolute atomic E-state index is 11.6. The van der Waals surface area contributed by atoms with E-state index in [9.17, 15) is 4.79 Å². The Balaban J connectivity index is 0.000000902. The van der Waals surface area contributed by atoms with Gasteiger partial charge < -0.3 is 10.2 Å². The minimum atomic E-state index is 0. The number of hydrogen-bond acceptors (Lipinski definition) is 5. The predicted molar refractivity (Wildman–Crippen MR) is 175 cm³/mol. The van der Waals surface area contributed by atoms with Crippen molar-refractivity contribution in [1.82, 2.24) is 15.2 Å². The van der Waals surface area contributed by atoms with E-state index in [1.807, 2.05) is 24.3 Å². The van der Waals surface area contributed by atoms with Gasteiger partial charge in [0.05, 0.1) is 21.8 Å². The molecule has 4 rings (SSSR count). The van der Waals surface area contributed by atoms with Crippen molar-refractivity contribution in [2.75, 3.05) is 13.1 Å². The van der Waals surface area contributed by atoms with Gasteiger partial charge in [-0.2, -0.15) is 0 Å². The molecule has 6 heteroatoms. The number of halogens is 1. The number of rotatable bonds is 7. The van der Waals surface area contributed by atoms with Crippen LogP contribution >= 0.6 is 11.6 Å². The summed E-state index contributed by atoms with van der Waals surface area (Å²) in [7, 11) is 0. The van der Waals surface area contributed by atoms with Crippen LogP contribution in [0.25, 0.3) is 10.9 Å². The van der Waals surface area contributed by atoms with E-state index in [0.29, 0.717) is 12.0 Å². The van der Waals surface area contributed by atoms with Gasteiger partial charge >= 0.3 is 0 Å². The number of aliphatic imine (C=N–C) groups is 1. The summed E-state index contributed by atoms with van der Waals surface area (Å²) < 4.78 is 0. The lowest BCUT2D eigenvalue weighted by molar-refractivity contribution is 0.101. The number of Topliss-reactive ketones (excluding diaryl/α,β-unsaturated/α-hetero) is 1. The lowest BCUT2D eigenvalue weighted by atomic mass is 10.0. The quantitative estimate of drug-likeness (QED) is 0.339. The van der Waals surface area contributed by atoms with E-state index in [2.05, 4.69) is 63.3 Å². The number of benzene rings is 1. The Morgan fingerprint density at radius 3 is 2.23 bits per heavy atom. The third-order valence-electron chi connectivity index (χ3n) is 6.60. The van der Waals surface area contributed by atoms with Gasteiger partial charge in [-0.25, -0.2) is 4.99 Å². The molecule has 2 aromatic rings. The summed E-state index contributed by atoms with van der Waals surface area (Å²) in [5.41, 5.74) is 6.49. The number of pyridine rings is 1. The zero-order valence-corrected chi connectivity index (χ0v) is 25.8. The number of fused-ring (bicyclic) bond motifs is 1. The molecule has 0 bridgehead atoms. The van der Waals surface area contributed by atoms with Crippen molar-refractivity contribution in [3.63, 3.8) is 0 Å². The number of amidine groups is 1. The number of carbonyl (C=O) groups excluding carboxylic acids is 1. The molecule has 1 fully saturated rings.